The molecule has 2 aliphatic heterocycles. The molecule has 1 saturated heterocycles. The highest BCUT2D eigenvalue weighted by molar-refractivity contribution is 5.76. The van der Waals surface area contributed by atoms with Gasteiger partial charge in [0.15, 0.2) is 0 Å². The van der Waals surface area contributed by atoms with Crippen molar-refractivity contribution >= 4 is 11.4 Å². The van der Waals surface area contributed by atoms with Gasteiger partial charge in [-0.2, -0.15) is 0 Å². The van der Waals surface area contributed by atoms with Gasteiger partial charge in [0.2, 0.25) is 0 Å². The summed E-state index contributed by atoms with van der Waals surface area (Å²) in [6, 6.07) is 8.75. The summed E-state index contributed by atoms with van der Waals surface area (Å²) in [6.07, 6.45) is 7.29. The zero-order chi connectivity index (χ0) is 13.9. The first kappa shape index (κ1) is 13.7. The Bertz CT molecular complexity index is 411. The largest absolute Gasteiger partial charge is 0.353 e. The SMILES string of the molecule is CN1c2ccccc2N(C)C1CCCC1CCNCC1. The van der Waals surface area contributed by atoms with E-state index in [4.69, 9.17) is 0 Å². The minimum atomic E-state index is 0.536. The molecule has 1 aromatic rings. The Morgan fingerprint density at radius 3 is 2.20 bits per heavy atom. The summed E-state index contributed by atoms with van der Waals surface area (Å²) in [5.41, 5.74) is 2.75. The van der Waals surface area contributed by atoms with Crippen LogP contribution < -0.4 is 15.1 Å². The molecule has 0 spiro atoms. The van der Waals surface area contributed by atoms with Crippen LogP contribution in [0.1, 0.15) is 32.1 Å². The summed E-state index contributed by atoms with van der Waals surface area (Å²) in [4.78, 5) is 4.88. The van der Waals surface area contributed by atoms with Gasteiger partial charge in [-0.05, 0) is 56.8 Å². The Kier molecular flexibility index (Phi) is 4.16. The van der Waals surface area contributed by atoms with Crippen molar-refractivity contribution in [2.45, 2.75) is 38.3 Å². The lowest BCUT2D eigenvalue weighted by molar-refractivity contribution is 0.339. The van der Waals surface area contributed by atoms with Gasteiger partial charge in [-0.15, -0.1) is 0 Å². The maximum absolute atomic E-state index is 3.46. The van der Waals surface area contributed by atoms with Gasteiger partial charge in [-0.3, -0.25) is 0 Å². The van der Waals surface area contributed by atoms with Crippen LogP contribution in [-0.4, -0.2) is 33.4 Å². The highest BCUT2D eigenvalue weighted by atomic mass is 15.4. The molecule has 3 rings (SSSR count). The summed E-state index contributed by atoms with van der Waals surface area (Å²) in [5, 5.41) is 3.46. The van der Waals surface area contributed by atoms with Crippen molar-refractivity contribution in [3.05, 3.63) is 24.3 Å². The van der Waals surface area contributed by atoms with Crippen LogP contribution in [0.3, 0.4) is 0 Å². The van der Waals surface area contributed by atoms with E-state index in [0.717, 1.165) is 5.92 Å². The van der Waals surface area contributed by atoms with E-state index < -0.39 is 0 Å². The van der Waals surface area contributed by atoms with Gasteiger partial charge in [0.05, 0.1) is 11.4 Å². The first-order valence-electron chi connectivity index (χ1n) is 8.03. The molecule has 2 aliphatic rings. The molecule has 20 heavy (non-hydrogen) atoms. The standard InChI is InChI=1S/C17H27N3/c1-19-15-7-3-4-8-16(15)20(2)17(19)9-5-6-14-10-12-18-13-11-14/h3-4,7-8,14,17-18H,5-6,9-13H2,1-2H3. The molecular formula is C17H27N3. The smallest absolute Gasteiger partial charge is 0.101 e. The van der Waals surface area contributed by atoms with Gasteiger partial charge in [-0.25, -0.2) is 0 Å². The number of rotatable bonds is 4. The van der Waals surface area contributed by atoms with E-state index in [1.807, 2.05) is 0 Å². The first-order valence-corrected chi connectivity index (χ1v) is 8.03. The van der Waals surface area contributed by atoms with E-state index in [-0.39, 0.29) is 0 Å². The third kappa shape index (κ3) is 2.64. The number of nitrogens with zero attached hydrogens (tertiary/aromatic N) is 2. The Morgan fingerprint density at radius 2 is 1.60 bits per heavy atom. The van der Waals surface area contributed by atoms with Crippen molar-refractivity contribution in [2.24, 2.45) is 5.92 Å². The normalized spacial score (nSPS) is 20.5. The molecule has 3 heteroatoms. The van der Waals surface area contributed by atoms with E-state index in [2.05, 4.69) is 53.5 Å². The quantitative estimate of drug-likeness (QED) is 0.909. The van der Waals surface area contributed by atoms with Crippen molar-refractivity contribution < 1.29 is 0 Å². The molecule has 110 valence electrons. The number of para-hydroxylation sites is 2. The predicted octanol–water partition coefficient (Wildman–Crippen LogP) is 3.07. The highest BCUT2D eigenvalue weighted by Gasteiger charge is 2.30. The monoisotopic (exact) mass is 273 g/mol. The van der Waals surface area contributed by atoms with Crippen molar-refractivity contribution in [3.63, 3.8) is 0 Å². The minimum Gasteiger partial charge on any atom is -0.353 e. The number of piperidine rings is 1. The molecule has 0 aromatic heterocycles. The molecule has 0 saturated carbocycles. The van der Waals surface area contributed by atoms with Crippen LogP contribution in [0.15, 0.2) is 24.3 Å². The van der Waals surface area contributed by atoms with Gasteiger partial charge < -0.3 is 15.1 Å². The van der Waals surface area contributed by atoms with Gasteiger partial charge in [0.1, 0.15) is 6.17 Å². The maximum Gasteiger partial charge on any atom is 0.101 e. The summed E-state index contributed by atoms with van der Waals surface area (Å²) in [6.45, 7) is 2.44. The number of hydrogen-bond donors (Lipinski definition) is 1. The van der Waals surface area contributed by atoms with Crippen LogP contribution in [0.25, 0.3) is 0 Å². The van der Waals surface area contributed by atoms with E-state index in [1.165, 1.54) is 56.6 Å². The second-order valence-corrected chi connectivity index (χ2v) is 6.32. The molecular weight excluding hydrogens is 246 g/mol. The Morgan fingerprint density at radius 1 is 1.00 bits per heavy atom. The molecule has 1 fully saturated rings. The van der Waals surface area contributed by atoms with Gasteiger partial charge in [0.25, 0.3) is 0 Å². The number of benzene rings is 1. The maximum atomic E-state index is 3.46. The second-order valence-electron chi connectivity index (χ2n) is 6.32. The number of anilines is 2. The van der Waals surface area contributed by atoms with Crippen molar-refractivity contribution in [3.8, 4) is 0 Å². The van der Waals surface area contributed by atoms with Crippen LogP contribution in [0.4, 0.5) is 11.4 Å². The predicted molar refractivity (Wildman–Crippen MR) is 86.5 cm³/mol. The average Bonchev–Trinajstić information content (AvgIpc) is 2.74. The zero-order valence-electron chi connectivity index (χ0n) is 12.8. The number of nitrogens with one attached hydrogen (secondary N) is 1. The van der Waals surface area contributed by atoms with Crippen LogP contribution >= 0.6 is 0 Å². The molecule has 1 aromatic carbocycles. The van der Waals surface area contributed by atoms with Gasteiger partial charge in [0, 0.05) is 14.1 Å². The third-order valence-corrected chi connectivity index (χ3v) is 5.07. The van der Waals surface area contributed by atoms with E-state index in [9.17, 15) is 0 Å². The average molecular weight is 273 g/mol. The van der Waals surface area contributed by atoms with E-state index in [0.29, 0.717) is 6.17 Å². The molecule has 0 atom stereocenters. The lowest BCUT2D eigenvalue weighted by atomic mass is 9.92. The van der Waals surface area contributed by atoms with Gasteiger partial charge in [-0.1, -0.05) is 18.6 Å². The number of fused-ring (bicyclic) bond motifs is 1. The lowest BCUT2D eigenvalue weighted by Crippen LogP contribution is -2.39. The van der Waals surface area contributed by atoms with Crippen molar-refractivity contribution in [2.75, 3.05) is 37.0 Å². The molecule has 0 radical (unpaired) electrons. The van der Waals surface area contributed by atoms with Crippen LogP contribution in [0.2, 0.25) is 0 Å². The Hall–Kier alpha value is -1.22. The van der Waals surface area contributed by atoms with E-state index >= 15 is 0 Å². The van der Waals surface area contributed by atoms with Crippen LogP contribution in [0.5, 0.6) is 0 Å². The molecule has 1 N–H and O–H groups in total. The molecule has 0 aliphatic carbocycles. The Balaban J connectivity index is 1.54. The number of hydrogen-bond acceptors (Lipinski definition) is 3. The zero-order valence-corrected chi connectivity index (χ0v) is 12.8. The summed E-state index contributed by atoms with van der Waals surface area (Å²) < 4.78 is 0. The fourth-order valence-corrected chi connectivity index (χ4v) is 3.79. The molecule has 0 unspecified atom stereocenters. The molecule has 3 nitrogen and oxygen atoms in total. The minimum absolute atomic E-state index is 0.536. The van der Waals surface area contributed by atoms with Crippen LogP contribution in [-0.2, 0) is 0 Å². The molecule has 2 heterocycles. The van der Waals surface area contributed by atoms with Crippen LogP contribution in [0, 0.1) is 5.92 Å². The molecule has 0 bridgehead atoms. The van der Waals surface area contributed by atoms with Crippen molar-refractivity contribution in [1.82, 2.24) is 5.32 Å². The topological polar surface area (TPSA) is 18.5 Å². The highest BCUT2D eigenvalue weighted by Crippen LogP contribution is 2.38. The first-order chi connectivity index (χ1) is 9.77. The summed E-state index contributed by atoms with van der Waals surface area (Å²) in [5.74, 6) is 0.954. The summed E-state index contributed by atoms with van der Waals surface area (Å²) in [7, 11) is 4.47. The van der Waals surface area contributed by atoms with Crippen molar-refractivity contribution in [1.29, 1.82) is 0 Å². The van der Waals surface area contributed by atoms with Gasteiger partial charge >= 0.3 is 0 Å². The molecule has 0 amide bonds. The fourth-order valence-electron chi connectivity index (χ4n) is 3.79. The second kappa shape index (κ2) is 6.04. The Labute approximate surface area is 123 Å². The summed E-state index contributed by atoms with van der Waals surface area (Å²) >= 11 is 0. The third-order valence-electron chi connectivity index (χ3n) is 5.07. The fraction of sp³-hybridized carbons (Fsp3) is 0.647. The van der Waals surface area contributed by atoms with E-state index in [1.54, 1.807) is 0 Å². The lowest BCUT2D eigenvalue weighted by Gasteiger charge is -2.29.